The monoisotopic (exact) mass is 386 g/mol. The van der Waals surface area contributed by atoms with Crippen LogP contribution in [0.5, 0.6) is 0 Å². The van der Waals surface area contributed by atoms with E-state index >= 15 is 0 Å². The van der Waals surface area contributed by atoms with E-state index in [-0.39, 0.29) is 18.0 Å². The fraction of sp³-hybridized carbons (Fsp3) is 0.500. The standard InChI is InChI=1S/C16H20BrFN2O3/c1-16(2,3)23-15(22)20-7-6-11(9-20)19-14(21)12-5-4-10(18)8-13(12)17/h4-5,8,11H,6-7,9H2,1-3H3,(H,19,21)/t11-/m0/s1. The van der Waals surface area contributed by atoms with Crippen LogP contribution in [0.25, 0.3) is 0 Å². The molecular formula is C16H20BrFN2O3. The summed E-state index contributed by atoms with van der Waals surface area (Å²) in [7, 11) is 0. The summed E-state index contributed by atoms with van der Waals surface area (Å²) < 4.78 is 18.8. The molecule has 0 aliphatic carbocycles. The summed E-state index contributed by atoms with van der Waals surface area (Å²) >= 11 is 3.18. The fourth-order valence-electron chi connectivity index (χ4n) is 2.31. The molecule has 126 valence electrons. The summed E-state index contributed by atoms with van der Waals surface area (Å²) in [6.07, 6.45) is 0.279. The van der Waals surface area contributed by atoms with Crippen LogP contribution in [0, 0.1) is 5.82 Å². The van der Waals surface area contributed by atoms with Gasteiger partial charge in [-0.25, -0.2) is 9.18 Å². The van der Waals surface area contributed by atoms with E-state index in [1.165, 1.54) is 18.2 Å². The van der Waals surface area contributed by atoms with Gasteiger partial charge in [0.05, 0.1) is 5.56 Å². The van der Waals surface area contributed by atoms with Gasteiger partial charge in [0.2, 0.25) is 0 Å². The second-order valence-electron chi connectivity index (χ2n) is 6.51. The molecule has 0 aromatic heterocycles. The van der Waals surface area contributed by atoms with Crippen LogP contribution in [-0.2, 0) is 4.74 Å². The molecule has 1 aromatic carbocycles. The Morgan fingerprint density at radius 1 is 1.39 bits per heavy atom. The molecule has 23 heavy (non-hydrogen) atoms. The van der Waals surface area contributed by atoms with Crippen LogP contribution in [-0.4, -0.2) is 41.6 Å². The number of likely N-dealkylation sites (tertiary alicyclic amines) is 1. The summed E-state index contributed by atoms with van der Waals surface area (Å²) in [6, 6.07) is 3.76. The normalized spacial score (nSPS) is 18.0. The smallest absolute Gasteiger partial charge is 0.410 e. The first-order chi connectivity index (χ1) is 10.7. The quantitative estimate of drug-likeness (QED) is 0.847. The zero-order valence-electron chi connectivity index (χ0n) is 13.4. The van der Waals surface area contributed by atoms with Crippen molar-refractivity contribution in [2.45, 2.75) is 38.8 Å². The van der Waals surface area contributed by atoms with Gasteiger partial charge < -0.3 is 15.0 Å². The van der Waals surface area contributed by atoms with Gasteiger partial charge in [0, 0.05) is 23.6 Å². The van der Waals surface area contributed by atoms with Crippen molar-refractivity contribution < 1.29 is 18.7 Å². The summed E-state index contributed by atoms with van der Waals surface area (Å²) in [5.41, 5.74) is -0.181. The topological polar surface area (TPSA) is 58.6 Å². The molecule has 1 N–H and O–H groups in total. The Labute approximate surface area is 143 Å². The average molecular weight is 387 g/mol. The van der Waals surface area contributed by atoms with Gasteiger partial charge in [-0.05, 0) is 61.3 Å². The van der Waals surface area contributed by atoms with E-state index in [1.807, 2.05) is 20.8 Å². The minimum atomic E-state index is -0.544. The van der Waals surface area contributed by atoms with Crippen molar-refractivity contribution in [1.82, 2.24) is 10.2 Å². The number of benzene rings is 1. The van der Waals surface area contributed by atoms with Gasteiger partial charge in [-0.2, -0.15) is 0 Å². The van der Waals surface area contributed by atoms with E-state index in [0.29, 0.717) is 29.5 Å². The first-order valence-electron chi connectivity index (χ1n) is 7.39. The van der Waals surface area contributed by atoms with E-state index in [2.05, 4.69) is 21.2 Å². The van der Waals surface area contributed by atoms with Crippen molar-refractivity contribution in [2.75, 3.05) is 13.1 Å². The Bertz CT molecular complexity index is 616. The molecule has 1 atom stereocenters. The SMILES string of the molecule is CC(C)(C)OC(=O)N1CC[C@H](NC(=O)c2ccc(F)cc2Br)C1. The second kappa shape index (κ2) is 6.86. The van der Waals surface area contributed by atoms with Gasteiger partial charge in [0.1, 0.15) is 11.4 Å². The van der Waals surface area contributed by atoms with Gasteiger partial charge in [-0.15, -0.1) is 0 Å². The summed E-state index contributed by atoms with van der Waals surface area (Å²) in [6.45, 7) is 6.37. The number of hydrogen-bond acceptors (Lipinski definition) is 3. The molecule has 0 bridgehead atoms. The number of carbonyl (C=O) groups is 2. The molecule has 0 unspecified atom stereocenters. The fourth-order valence-corrected chi connectivity index (χ4v) is 2.84. The van der Waals surface area contributed by atoms with Crippen molar-refractivity contribution >= 4 is 27.9 Å². The third-order valence-electron chi connectivity index (χ3n) is 3.35. The molecule has 0 radical (unpaired) electrons. The van der Waals surface area contributed by atoms with Gasteiger partial charge in [-0.3, -0.25) is 4.79 Å². The number of carbonyl (C=O) groups excluding carboxylic acids is 2. The maximum absolute atomic E-state index is 13.1. The minimum absolute atomic E-state index is 0.146. The van der Waals surface area contributed by atoms with E-state index in [4.69, 9.17) is 4.74 Å². The van der Waals surface area contributed by atoms with Crippen molar-refractivity contribution in [3.8, 4) is 0 Å². The Morgan fingerprint density at radius 2 is 2.09 bits per heavy atom. The summed E-state index contributed by atoms with van der Waals surface area (Å²) in [5, 5.41) is 2.86. The van der Waals surface area contributed by atoms with E-state index in [0.717, 1.165) is 0 Å². The number of hydrogen-bond donors (Lipinski definition) is 1. The molecule has 1 aliphatic rings. The zero-order valence-corrected chi connectivity index (χ0v) is 14.9. The molecule has 1 fully saturated rings. The molecule has 0 saturated carbocycles. The van der Waals surface area contributed by atoms with E-state index in [9.17, 15) is 14.0 Å². The van der Waals surface area contributed by atoms with Crippen LogP contribution in [0.3, 0.4) is 0 Å². The summed E-state index contributed by atoms with van der Waals surface area (Å²) in [5.74, 6) is -0.710. The Morgan fingerprint density at radius 3 is 2.70 bits per heavy atom. The number of halogens is 2. The highest BCUT2D eigenvalue weighted by molar-refractivity contribution is 9.10. The molecule has 1 aliphatic heterocycles. The lowest BCUT2D eigenvalue weighted by atomic mass is 10.2. The van der Waals surface area contributed by atoms with Crippen molar-refractivity contribution in [2.24, 2.45) is 0 Å². The molecule has 1 saturated heterocycles. The predicted molar refractivity (Wildman–Crippen MR) is 87.8 cm³/mol. The summed E-state index contributed by atoms with van der Waals surface area (Å²) in [4.78, 5) is 25.8. The molecule has 7 heteroatoms. The number of amides is 2. The highest BCUT2D eigenvalue weighted by atomic mass is 79.9. The molecule has 1 aromatic rings. The number of nitrogens with one attached hydrogen (secondary N) is 1. The lowest BCUT2D eigenvalue weighted by molar-refractivity contribution is 0.0290. The van der Waals surface area contributed by atoms with Gasteiger partial charge in [0.25, 0.3) is 5.91 Å². The Hall–Kier alpha value is -1.63. The third-order valence-corrected chi connectivity index (χ3v) is 4.01. The van der Waals surface area contributed by atoms with Crippen LogP contribution in [0.15, 0.2) is 22.7 Å². The first kappa shape index (κ1) is 17.7. The van der Waals surface area contributed by atoms with Gasteiger partial charge >= 0.3 is 6.09 Å². The number of rotatable bonds is 2. The average Bonchev–Trinajstić information content (AvgIpc) is 2.85. The minimum Gasteiger partial charge on any atom is -0.444 e. The molecule has 5 nitrogen and oxygen atoms in total. The number of ether oxygens (including phenoxy) is 1. The Kier molecular flexibility index (Phi) is 5.29. The lowest BCUT2D eigenvalue weighted by Gasteiger charge is -2.24. The van der Waals surface area contributed by atoms with Crippen molar-refractivity contribution in [1.29, 1.82) is 0 Å². The van der Waals surface area contributed by atoms with Gasteiger partial charge in [0.15, 0.2) is 0 Å². The van der Waals surface area contributed by atoms with Crippen molar-refractivity contribution in [3.63, 3.8) is 0 Å². The third kappa shape index (κ3) is 4.92. The van der Waals surface area contributed by atoms with Crippen molar-refractivity contribution in [3.05, 3.63) is 34.1 Å². The van der Waals surface area contributed by atoms with Crippen LogP contribution < -0.4 is 5.32 Å². The maximum atomic E-state index is 13.1. The maximum Gasteiger partial charge on any atom is 0.410 e. The van der Waals surface area contributed by atoms with Crippen LogP contribution >= 0.6 is 15.9 Å². The largest absolute Gasteiger partial charge is 0.444 e. The molecule has 2 amide bonds. The van der Waals surface area contributed by atoms with Crippen LogP contribution in [0.1, 0.15) is 37.6 Å². The van der Waals surface area contributed by atoms with Crippen LogP contribution in [0.2, 0.25) is 0 Å². The zero-order chi connectivity index (χ0) is 17.2. The molecule has 1 heterocycles. The predicted octanol–water partition coefficient (Wildman–Crippen LogP) is 3.33. The molecule has 0 spiro atoms. The first-order valence-corrected chi connectivity index (χ1v) is 8.19. The van der Waals surface area contributed by atoms with Gasteiger partial charge in [-0.1, -0.05) is 0 Å². The van der Waals surface area contributed by atoms with Crippen LogP contribution in [0.4, 0.5) is 9.18 Å². The highest BCUT2D eigenvalue weighted by Crippen LogP contribution is 2.19. The number of nitrogens with zero attached hydrogens (tertiary/aromatic N) is 1. The highest BCUT2D eigenvalue weighted by Gasteiger charge is 2.30. The second-order valence-corrected chi connectivity index (χ2v) is 7.36. The lowest BCUT2D eigenvalue weighted by Crippen LogP contribution is -2.40. The molecule has 2 rings (SSSR count). The van der Waals surface area contributed by atoms with E-state index in [1.54, 1.807) is 4.90 Å². The van der Waals surface area contributed by atoms with E-state index < -0.39 is 11.4 Å². The molecular weight excluding hydrogens is 367 g/mol. The Balaban J connectivity index is 1.92.